The number of rotatable bonds is 5. The predicted molar refractivity (Wildman–Crippen MR) is 105 cm³/mol. The third-order valence-electron chi connectivity index (χ3n) is 4.10. The van der Waals surface area contributed by atoms with Gasteiger partial charge in [0.25, 0.3) is 0 Å². The van der Waals surface area contributed by atoms with Gasteiger partial charge in [-0.3, -0.25) is 4.98 Å². The molecule has 0 aliphatic carbocycles. The van der Waals surface area contributed by atoms with E-state index < -0.39 is 10.0 Å². The number of hydrogen-bond donors (Lipinski definition) is 1. The Morgan fingerprint density at radius 1 is 1.12 bits per heavy atom. The van der Waals surface area contributed by atoms with E-state index in [1.54, 1.807) is 12.4 Å². The third kappa shape index (κ3) is 3.85. The normalized spacial score (nSPS) is 11.7. The fourth-order valence-corrected chi connectivity index (χ4v) is 5.56. The van der Waals surface area contributed by atoms with E-state index in [1.165, 1.54) is 11.3 Å². The smallest absolute Gasteiger partial charge is 0.241 e. The molecule has 0 spiro atoms. The van der Waals surface area contributed by atoms with Crippen molar-refractivity contribution in [2.24, 2.45) is 0 Å². The average Bonchev–Trinajstić information content (AvgIpc) is 2.94. The lowest BCUT2D eigenvalue weighted by Crippen LogP contribution is -2.24. The second-order valence-corrected chi connectivity index (χ2v) is 9.11. The van der Waals surface area contributed by atoms with E-state index in [1.807, 2.05) is 52.0 Å². The summed E-state index contributed by atoms with van der Waals surface area (Å²) in [6.45, 7) is 7.73. The summed E-state index contributed by atoms with van der Waals surface area (Å²) < 4.78 is 28.3. The number of nitrogens with one attached hydrogen (secondary N) is 1. The van der Waals surface area contributed by atoms with E-state index in [0.717, 1.165) is 37.8 Å². The summed E-state index contributed by atoms with van der Waals surface area (Å²) in [7, 11) is -3.59. The van der Waals surface area contributed by atoms with Gasteiger partial charge in [0.05, 0.1) is 10.6 Å². The molecule has 136 valence electrons. The molecule has 5 nitrogen and oxygen atoms in total. The Kier molecular flexibility index (Phi) is 5.22. The Balaban J connectivity index is 1.84. The van der Waals surface area contributed by atoms with Crippen molar-refractivity contribution in [2.45, 2.75) is 39.1 Å². The lowest BCUT2D eigenvalue weighted by Gasteiger charge is -2.12. The standard InChI is InChI=1S/C19H21N3O2S2/c1-12-8-13(2)18(14(3)9-12)26(23,24)21-11-17-15(4)22-19(25-17)16-6-5-7-20-10-16/h5-10,21H,11H2,1-4H3. The number of sulfonamides is 1. The zero-order valence-electron chi connectivity index (χ0n) is 15.2. The molecule has 26 heavy (non-hydrogen) atoms. The SMILES string of the molecule is Cc1cc(C)c(S(=O)(=O)NCc2sc(-c3cccnc3)nc2C)c(C)c1. The third-order valence-corrected chi connectivity index (χ3v) is 7.01. The Bertz CT molecular complexity index is 1020. The molecule has 0 aliphatic heterocycles. The number of aryl methyl sites for hydroxylation is 4. The summed E-state index contributed by atoms with van der Waals surface area (Å²) in [6.07, 6.45) is 3.47. The molecule has 7 heteroatoms. The molecule has 3 aromatic rings. The molecule has 2 heterocycles. The molecule has 2 aromatic heterocycles. The monoisotopic (exact) mass is 387 g/mol. The van der Waals surface area contributed by atoms with Gasteiger partial charge < -0.3 is 0 Å². The molecule has 0 atom stereocenters. The zero-order valence-corrected chi connectivity index (χ0v) is 16.8. The van der Waals surface area contributed by atoms with Gasteiger partial charge in [0.15, 0.2) is 0 Å². The van der Waals surface area contributed by atoms with Crippen LogP contribution >= 0.6 is 11.3 Å². The van der Waals surface area contributed by atoms with Crippen molar-refractivity contribution in [3.8, 4) is 10.6 Å². The Labute approximate surface area is 158 Å². The van der Waals surface area contributed by atoms with Gasteiger partial charge in [-0.05, 0) is 51.0 Å². The molecular weight excluding hydrogens is 366 g/mol. The van der Waals surface area contributed by atoms with E-state index in [0.29, 0.717) is 4.90 Å². The molecule has 0 unspecified atom stereocenters. The molecule has 3 rings (SSSR count). The van der Waals surface area contributed by atoms with Crippen LogP contribution in [0.1, 0.15) is 27.3 Å². The minimum Gasteiger partial charge on any atom is -0.264 e. The summed E-state index contributed by atoms with van der Waals surface area (Å²) in [5, 5.41) is 0.840. The lowest BCUT2D eigenvalue weighted by molar-refractivity contribution is 0.580. The lowest BCUT2D eigenvalue weighted by atomic mass is 10.1. The molecule has 0 saturated heterocycles. The van der Waals surface area contributed by atoms with Gasteiger partial charge in [-0.2, -0.15) is 0 Å². The molecule has 0 bridgehead atoms. The maximum absolute atomic E-state index is 12.8. The van der Waals surface area contributed by atoms with Gasteiger partial charge in [-0.1, -0.05) is 17.7 Å². The maximum atomic E-state index is 12.8. The van der Waals surface area contributed by atoms with Crippen molar-refractivity contribution in [2.75, 3.05) is 0 Å². The van der Waals surface area contributed by atoms with Gasteiger partial charge in [0, 0.05) is 29.4 Å². The average molecular weight is 388 g/mol. The van der Waals surface area contributed by atoms with E-state index >= 15 is 0 Å². The van der Waals surface area contributed by atoms with Crippen molar-refractivity contribution in [1.29, 1.82) is 0 Å². The van der Waals surface area contributed by atoms with Crippen LogP contribution in [0, 0.1) is 27.7 Å². The van der Waals surface area contributed by atoms with E-state index in [-0.39, 0.29) is 6.54 Å². The topological polar surface area (TPSA) is 72.0 Å². The molecule has 1 N–H and O–H groups in total. The number of nitrogens with zero attached hydrogens (tertiary/aromatic N) is 2. The van der Waals surface area contributed by atoms with Gasteiger partial charge in [0.2, 0.25) is 10.0 Å². The number of hydrogen-bond acceptors (Lipinski definition) is 5. The Morgan fingerprint density at radius 2 is 1.81 bits per heavy atom. The zero-order chi connectivity index (χ0) is 18.9. The first-order chi connectivity index (χ1) is 12.3. The van der Waals surface area contributed by atoms with E-state index in [9.17, 15) is 8.42 Å². The van der Waals surface area contributed by atoms with Crippen LogP contribution in [0.3, 0.4) is 0 Å². The summed E-state index contributed by atoms with van der Waals surface area (Å²) in [5.74, 6) is 0. The van der Waals surface area contributed by atoms with Crippen LogP contribution in [0.25, 0.3) is 10.6 Å². The van der Waals surface area contributed by atoms with Crippen molar-refractivity contribution >= 4 is 21.4 Å². The largest absolute Gasteiger partial charge is 0.264 e. The van der Waals surface area contributed by atoms with Gasteiger partial charge in [-0.15, -0.1) is 11.3 Å². The van der Waals surface area contributed by atoms with Gasteiger partial charge in [0.1, 0.15) is 5.01 Å². The summed E-state index contributed by atoms with van der Waals surface area (Å²) in [6, 6.07) is 7.58. The molecule has 1 aromatic carbocycles. The first-order valence-corrected chi connectivity index (χ1v) is 10.5. The van der Waals surface area contributed by atoms with Gasteiger partial charge in [-0.25, -0.2) is 18.1 Å². The highest BCUT2D eigenvalue weighted by Crippen LogP contribution is 2.28. The first kappa shape index (κ1) is 18.7. The van der Waals surface area contributed by atoms with Crippen molar-refractivity contribution in [1.82, 2.24) is 14.7 Å². The van der Waals surface area contributed by atoms with Crippen LogP contribution < -0.4 is 4.72 Å². The van der Waals surface area contributed by atoms with Crippen molar-refractivity contribution in [3.05, 3.63) is 63.9 Å². The molecule has 0 fully saturated rings. The minimum atomic E-state index is -3.59. The highest BCUT2D eigenvalue weighted by atomic mass is 32.2. The quantitative estimate of drug-likeness (QED) is 0.720. The second kappa shape index (κ2) is 7.26. The number of benzene rings is 1. The van der Waals surface area contributed by atoms with Gasteiger partial charge >= 0.3 is 0 Å². The number of aromatic nitrogens is 2. The van der Waals surface area contributed by atoms with E-state index in [2.05, 4.69) is 14.7 Å². The second-order valence-electron chi connectivity index (χ2n) is 6.32. The summed E-state index contributed by atoms with van der Waals surface area (Å²) in [4.78, 5) is 9.91. The van der Waals surface area contributed by atoms with Crippen LogP contribution in [-0.4, -0.2) is 18.4 Å². The maximum Gasteiger partial charge on any atom is 0.241 e. The van der Waals surface area contributed by atoms with Crippen LogP contribution in [0.5, 0.6) is 0 Å². The van der Waals surface area contributed by atoms with Crippen LogP contribution in [0.2, 0.25) is 0 Å². The Morgan fingerprint density at radius 3 is 2.42 bits per heavy atom. The highest BCUT2D eigenvalue weighted by molar-refractivity contribution is 7.89. The predicted octanol–water partition coefficient (Wildman–Crippen LogP) is 3.92. The van der Waals surface area contributed by atoms with E-state index in [4.69, 9.17) is 0 Å². The molecule has 0 aliphatic rings. The van der Waals surface area contributed by atoms with Crippen LogP contribution in [-0.2, 0) is 16.6 Å². The van der Waals surface area contributed by atoms with Crippen LogP contribution in [0.15, 0.2) is 41.6 Å². The fraction of sp³-hybridized carbons (Fsp3) is 0.263. The van der Waals surface area contributed by atoms with Crippen molar-refractivity contribution < 1.29 is 8.42 Å². The molecular formula is C19H21N3O2S2. The summed E-state index contributed by atoms with van der Waals surface area (Å²) in [5.41, 5.74) is 4.33. The first-order valence-electron chi connectivity index (χ1n) is 8.22. The van der Waals surface area contributed by atoms with Crippen LogP contribution in [0.4, 0.5) is 0 Å². The fourth-order valence-electron chi connectivity index (χ4n) is 3.03. The number of thiazole rings is 1. The van der Waals surface area contributed by atoms with Crippen molar-refractivity contribution in [3.63, 3.8) is 0 Å². The minimum absolute atomic E-state index is 0.221. The Hall–Kier alpha value is -2.09. The highest BCUT2D eigenvalue weighted by Gasteiger charge is 2.20. The number of pyridine rings is 1. The molecule has 0 saturated carbocycles. The molecule has 0 amide bonds. The summed E-state index contributed by atoms with van der Waals surface area (Å²) >= 11 is 1.48. The molecule has 0 radical (unpaired) electrons.